The van der Waals surface area contributed by atoms with Gasteiger partial charge in [-0.3, -0.25) is 0 Å². The highest BCUT2D eigenvalue weighted by atomic mass is 35.5. The van der Waals surface area contributed by atoms with Crippen LogP contribution in [0.5, 0.6) is 0 Å². The first-order chi connectivity index (χ1) is 8.70. The van der Waals surface area contributed by atoms with E-state index >= 15 is 0 Å². The van der Waals surface area contributed by atoms with E-state index in [2.05, 4.69) is 35.4 Å². The van der Waals surface area contributed by atoms with Crippen molar-refractivity contribution in [2.45, 2.75) is 6.92 Å². The lowest BCUT2D eigenvalue weighted by molar-refractivity contribution is 1.42. The number of aromatic nitrogens is 1. The maximum Gasteiger partial charge on any atom is 0.188 e. The molecule has 2 aromatic carbocycles. The van der Waals surface area contributed by atoms with Gasteiger partial charge in [-0.05, 0) is 48.9 Å². The van der Waals surface area contributed by atoms with Gasteiger partial charge in [-0.15, -0.1) is 0 Å². The van der Waals surface area contributed by atoms with Gasteiger partial charge in [-0.25, -0.2) is 4.98 Å². The number of fused-ring (bicyclic) bond motifs is 1. The van der Waals surface area contributed by atoms with E-state index in [1.54, 1.807) is 11.3 Å². The first-order valence-electron chi connectivity index (χ1n) is 5.60. The molecule has 1 aromatic heterocycles. The summed E-state index contributed by atoms with van der Waals surface area (Å²) in [6, 6.07) is 13.9. The second-order valence-corrected chi connectivity index (χ2v) is 5.59. The third-order valence-electron chi connectivity index (χ3n) is 2.64. The Morgan fingerprint density at radius 2 is 1.89 bits per heavy atom. The zero-order chi connectivity index (χ0) is 12.5. The van der Waals surface area contributed by atoms with Gasteiger partial charge in [0, 0.05) is 10.7 Å². The molecule has 3 aromatic rings. The molecule has 4 heteroatoms. The van der Waals surface area contributed by atoms with Crippen LogP contribution in [0.1, 0.15) is 5.56 Å². The van der Waals surface area contributed by atoms with Crippen LogP contribution in [-0.4, -0.2) is 4.98 Å². The van der Waals surface area contributed by atoms with E-state index in [9.17, 15) is 0 Å². The van der Waals surface area contributed by atoms with Crippen LogP contribution in [0.2, 0.25) is 5.02 Å². The minimum Gasteiger partial charge on any atom is -0.332 e. The Bertz CT molecular complexity index is 689. The summed E-state index contributed by atoms with van der Waals surface area (Å²) >= 11 is 7.51. The van der Waals surface area contributed by atoms with Crippen molar-refractivity contribution in [3.8, 4) is 0 Å². The molecule has 90 valence electrons. The zero-order valence-corrected chi connectivity index (χ0v) is 11.3. The molecule has 1 heterocycles. The average molecular weight is 275 g/mol. The Hall–Kier alpha value is -1.58. The van der Waals surface area contributed by atoms with E-state index in [0.717, 1.165) is 21.4 Å². The van der Waals surface area contributed by atoms with Crippen LogP contribution < -0.4 is 5.32 Å². The Balaban J connectivity index is 1.92. The number of rotatable bonds is 2. The highest BCUT2D eigenvalue weighted by molar-refractivity contribution is 7.22. The van der Waals surface area contributed by atoms with Crippen molar-refractivity contribution in [1.29, 1.82) is 0 Å². The second kappa shape index (κ2) is 4.59. The van der Waals surface area contributed by atoms with Crippen molar-refractivity contribution in [3.63, 3.8) is 0 Å². The molecule has 0 radical (unpaired) electrons. The number of aryl methyl sites for hydroxylation is 1. The van der Waals surface area contributed by atoms with E-state index in [-0.39, 0.29) is 0 Å². The topological polar surface area (TPSA) is 24.9 Å². The Kier molecular flexibility index (Phi) is 2.94. The largest absolute Gasteiger partial charge is 0.332 e. The number of anilines is 2. The Labute approximate surface area is 114 Å². The summed E-state index contributed by atoms with van der Waals surface area (Å²) in [5.74, 6) is 0. The molecule has 0 saturated heterocycles. The molecule has 3 rings (SSSR count). The van der Waals surface area contributed by atoms with E-state index in [1.807, 2.05) is 24.3 Å². The molecular weight excluding hydrogens is 264 g/mol. The average Bonchev–Trinajstić information content (AvgIpc) is 2.73. The van der Waals surface area contributed by atoms with Crippen LogP contribution >= 0.6 is 22.9 Å². The summed E-state index contributed by atoms with van der Waals surface area (Å²) in [6.45, 7) is 2.07. The Morgan fingerprint density at radius 3 is 2.67 bits per heavy atom. The van der Waals surface area contributed by atoms with Crippen LogP contribution in [0, 0.1) is 6.92 Å². The van der Waals surface area contributed by atoms with Crippen molar-refractivity contribution < 1.29 is 0 Å². The summed E-state index contributed by atoms with van der Waals surface area (Å²) < 4.78 is 1.19. The molecule has 0 spiro atoms. The maximum absolute atomic E-state index is 5.86. The third kappa shape index (κ3) is 2.33. The number of nitrogens with zero attached hydrogens (tertiary/aromatic N) is 1. The van der Waals surface area contributed by atoms with Crippen molar-refractivity contribution in [1.82, 2.24) is 4.98 Å². The van der Waals surface area contributed by atoms with Crippen molar-refractivity contribution >= 4 is 44.0 Å². The normalized spacial score (nSPS) is 10.8. The fourth-order valence-electron chi connectivity index (χ4n) is 1.75. The smallest absolute Gasteiger partial charge is 0.188 e. The van der Waals surface area contributed by atoms with Gasteiger partial charge in [-0.1, -0.05) is 29.0 Å². The second-order valence-electron chi connectivity index (χ2n) is 4.12. The fraction of sp³-hybridized carbons (Fsp3) is 0.0714. The van der Waals surface area contributed by atoms with E-state index in [4.69, 9.17) is 11.6 Å². The monoisotopic (exact) mass is 274 g/mol. The highest BCUT2D eigenvalue weighted by Crippen LogP contribution is 2.29. The van der Waals surface area contributed by atoms with Crippen molar-refractivity contribution in [2.24, 2.45) is 0 Å². The molecule has 0 atom stereocenters. The summed E-state index contributed by atoms with van der Waals surface area (Å²) in [7, 11) is 0. The molecule has 0 amide bonds. The summed E-state index contributed by atoms with van der Waals surface area (Å²) in [5.41, 5.74) is 3.26. The number of halogens is 1. The van der Waals surface area contributed by atoms with Gasteiger partial charge in [0.2, 0.25) is 0 Å². The SMILES string of the molecule is Cc1ccc2sc(Nc3ccc(Cl)cc3)nc2c1. The first kappa shape index (κ1) is 11.5. The van der Waals surface area contributed by atoms with E-state index in [0.29, 0.717) is 0 Å². The fourth-order valence-corrected chi connectivity index (χ4v) is 2.74. The molecule has 0 fully saturated rings. The number of benzene rings is 2. The lowest BCUT2D eigenvalue weighted by Crippen LogP contribution is -1.87. The number of nitrogens with one attached hydrogen (secondary N) is 1. The summed E-state index contributed by atoms with van der Waals surface area (Å²) in [5, 5.41) is 4.93. The molecule has 0 unspecified atom stereocenters. The Morgan fingerprint density at radius 1 is 1.11 bits per heavy atom. The predicted molar refractivity (Wildman–Crippen MR) is 79.1 cm³/mol. The molecule has 18 heavy (non-hydrogen) atoms. The van der Waals surface area contributed by atoms with E-state index in [1.165, 1.54) is 10.3 Å². The van der Waals surface area contributed by atoms with Gasteiger partial charge in [0.05, 0.1) is 10.2 Å². The van der Waals surface area contributed by atoms with Gasteiger partial charge in [-0.2, -0.15) is 0 Å². The van der Waals surface area contributed by atoms with Crippen LogP contribution in [0.4, 0.5) is 10.8 Å². The molecule has 1 N–H and O–H groups in total. The van der Waals surface area contributed by atoms with Gasteiger partial charge < -0.3 is 5.32 Å². The van der Waals surface area contributed by atoms with Gasteiger partial charge in [0.15, 0.2) is 5.13 Å². The standard InChI is InChI=1S/C14H11ClN2S/c1-9-2-7-13-12(8-9)17-14(18-13)16-11-5-3-10(15)4-6-11/h2-8H,1H3,(H,16,17). The minimum atomic E-state index is 0.737. The third-order valence-corrected chi connectivity index (χ3v) is 3.84. The van der Waals surface area contributed by atoms with Crippen LogP contribution in [-0.2, 0) is 0 Å². The van der Waals surface area contributed by atoms with Crippen molar-refractivity contribution in [2.75, 3.05) is 5.32 Å². The molecule has 0 aliphatic heterocycles. The minimum absolute atomic E-state index is 0.737. The molecule has 0 aliphatic rings. The van der Waals surface area contributed by atoms with Crippen molar-refractivity contribution in [3.05, 3.63) is 53.1 Å². The lowest BCUT2D eigenvalue weighted by Gasteiger charge is -2.01. The highest BCUT2D eigenvalue weighted by Gasteiger charge is 2.04. The molecular formula is C14H11ClN2S. The number of hydrogen-bond donors (Lipinski definition) is 1. The quantitative estimate of drug-likeness (QED) is 0.711. The molecule has 0 saturated carbocycles. The van der Waals surface area contributed by atoms with Gasteiger partial charge in [0.25, 0.3) is 0 Å². The zero-order valence-electron chi connectivity index (χ0n) is 9.77. The molecule has 0 aliphatic carbocycles. The van der Waals surface area contributed by atoms with Crippen LogP contribution in [0.25, 0.3) is 10.2 Å². The molecule has 2 nitrogen and oxygen atoms in total. The number of hydrogen-bond acceptors (Lipinski definition) is 3. The van der Waals surface area contributed by atoms with Gasteiger partial charge in [0.1, 0.15) is 0 Å². The molecule has 0 bridgehead atoms. The van der Waals surface area contributed by atoms with Crippen LogP contribution in [0.3, 0.4) is 0 Å². The maximum atomic E-state index is 5.86. The predicted octanol–water partition coefficient (Wildman–Crippen LogP) is 5.00. The number of thiazole rings is 1. The summed E-state index contributed by atoms with van der Waals surface area (Å²) in [4.78, 5) is 4.57. The first-order valence-corrected chi connectivity index (χ1v) is 6.80. The summed E-state index contributed by atoms with van der Waals surface area (Å²) in [6.07, 6.45) is 0. The van der Waals surface area contributed by atoms with E-state index < -0.39 is 0 Å². The lowest BCUT2D eigenvalue weighted by atomic mass is 10.2. The van der Waals surface area contributed by atoms with Crippen LogP contribution in [0.15, 0.2) is 42.5 Å². The van der Waals surface area contributed by atoms with Gasteiger partial charge >= 0.3 is 0 Å².